The molecule has 1 aromatic rings. The minimum atomic E-state index is -0.465. The topological polar surface area (TPSA) is 62.6 Å². The number of carbonyl (C=O) groups excluding carboxylic acids is 1. The number of ether oxygens (including phenoxy) is 2. The molecule has 0 unspecified atom stereocenters. The zero-order valence-electron chi connectivity index (χ0n) is 12.9. The molecule has 2 rings (SSSR count). The van der Waals surface area contributed by atoms with E-state index < -0.39 is 5.60 Å². The third-order valence-corrected chi connectivity index (χ3v) is 3.81. The van der Waals surface area contributed by atoms with Crippen LogP contribution in [0.2, 0.25) is 0 Å². The van der Waals surface area contributed by atoms with Crippen molar-refractivity contribution in [2.24, 2.45) is 5.92 Å². The maximum atomic E-state index is 11.8. The van der Waals surface area contributed by atoms with Gasteiger partial charge in [-0.1, -0.05) is 0 Å². The highest BCUT2D eigenvalue weighted by molar-refractivity contribution is 9.10. The van der Waals surface area contributed by atoms with Crippen molar-refractivity contribution in [3.63, 3.8) is 0 Å². The number of carbonyl (C=O) groups is 1. The number of hydrogen-bond acceptors (Lipinski definition) is 4. The molecule has 5 nitrogen and oxygen atoms in total. The second-order valence-corrected chi connectivity index (χ2v) is 7.17. The van der Waals surface area contributed by atoms with Crippen LogP contribution in [-0.4, -0.2) is 36.3 Å². The van der Waals surface area contributed by atoms with Gasteiger partial charge in [0.05, 0.1) is 12.2 Å². The standard InChI is InChI=1S/C16H19BrN2O3/c1-16(2,3)22-15(20)19-8-11(9-19)10-21-13-5-4-12(7-18)14(17)6-13/h4-6,11H,8-10H2,1-3H3. The lowest BCUT2D eigenvalue weighted by Crippen LogP contribution is -2.53. The molecule has 0 aliphatic carbocycles. The minimum Gasteiger partial charge on any atom is -0.493 e. The smallest absolute Gasteiger partial charge is 0.410 e. The molecule has 1 saturated heterocycles. The highest BCUT2D eigenvalue weighted by atomic mass is 79.9. The number of hydrogen-bond donors (Lipinski definition) is 0. The van der Waals surface area contributed by atoms with Crippen molar-refractivity contribution in [1.29, 1.82) is 5.26 Å². The Morgan fingerprint density at radius 3 is 2.68 bits per heavy atom. The summed E-state index contributed by atoms with van der Waals surface area (Å²) < 4.78 is 11.7. The third-order valence-electron chi connectivity index (χ3n) is 3.16. The molecule has 1 heterocycles. The number of nitrogens with zero attached hydrogens (tertiary/aromatic N) is 2. The summed E-state index contributed by atoms with van der Waals surface area (Å²) in [6.07, 6.45) is -0.273. The molecule has 1 aliphatic heterocycles. The summed E-state index contributed by atoms with van der Waals surface area (Å²) in [7, 11) is 0. The SMILES string of the molecule is CC(C)(C)OC(=O)N1CC(COc2ccc(C#N)c(Br)c2)C1. The Labute approximate surface area is 138 Å². The minimum absolute atomic E-state index is 0.273. The number of nitriles is 1. The van der Waals surface area contributed by atoms with Gasteiger partial charge in [-0.15, -0.1) is 0 Å². The van der Waals surface area contributed by atoms with Gasteiger partial charge in [0.15, 0.2) is 0 Å². The zero-order valence-corrected chi connectivity index (χ0v) is 14.5. The van der Waals surface area contributed by atoms with Crippen LogP contribution in [0.1, 0.15) is 26.3 Å². The fraction of sp³-hybridized carbons (Fsp3) is 0.500. The summed E-state index contributed by atoms with van der Waals surface area (Å²) in [5.74, 6) is 1.02. The molecule has 0 bridgehead atoms. The average Bonchev–Trinajstić information content (AvgIpc) is 2.34. The Morgan fingerprint density at radius 1 is 1.45 bits per heavy atom. The lowest BCUT2D eigenvalue weighted by molar-refractivity contribution is -0.00781. The van der Waals surface area contributed by atoms with Crippen molar-refractivity contribution in [2.45, 2.75) is 26.4 Å². The summed E-state index contributed by atoms with van der Waals surface area (Å²) in [5, 5.41) is 8.87. The van der Waals surface area contributed by atoms with E-state index in [-0.39, 0.29) is 6.09 Å². The number of rotatable bonds is 3. The summed E-state index contributed by atoms with van der Waals surface area (Å²) in [5.41, 5.74) is 0.111. The highest BCUT2D eigenvalue weighted by Gasteiger charge is 2.34. The predicted octanol–water partition coefficient (Wildman–Crippen LogP) is 3.57. The molecule has 0 atom stereocenters. The van der Waals surface area contributed by atoms with E-state index >= 15 is 0 Å². The molecule has 1 fully saturated rings. The van der Waals surface area contributed by atoms with Crippen molar-refractivity contribution in [1.82, 2.24) is 4.90 Å². The normalized spacial score (nSPS) is 15.0. The van der Waals surface area contributed by atoms with Gasteiger partial charge in [-0.2, -0.15) is 5.26 Å². The van der Waals surface area contributed by atoms with Gasteiger partial charge in [-0.25, -0.2) is 4.79 Å². The van der Waals surface area contributed by atoms with Crippen LogP contribution in [0.4, 0.5) is 4.79 Å². The lowest BCUT2D eigenvalue weighted by atomic mass is 10.0. The Kier molecular flexibility index (Phi) is 4.97. The van der Waals surface area contributed by atoms with Crippen LogP contribution in [0.5, 0.6) is 5.75 Å². The Bertz CT molecular complexity index is 598. The fourth-order valence-corrected chi connectivity index (χ4v) is 2.49. The Hall–Kier alpha value is -1.74. The van der Waals surface area contributed by atoms with Gasteiger partial charge in [0.25, 0.3) is 0 Å². The van der Waals surface area contributed by atoms with Crippen LogP contribution in [0, 0.1) is 17.2 Å². The summed E-state index contributed by atoms with van der Waals surface area (Å²) in [6.45, 7) is 7.40. The maximum Gasteiger partial charge on any atom is 0.410 e. The molecule has 118 valence electrons. The van der Waals surface area contributed by atoms with Gasteiger partial charge >= 0.3 is 6.09 Å². The molecule has 1 aromatic carbocycles. The summed E-state index contributed by atoms with van der Waals surface area (Å²) in [4.78, 5) is 13.5. The van der Waals surface area contributed by atoms with E-state index in [9.17, 15) is 4.79 Å². The summed E-state index contributed by atoms with van der Waals surface area (Å²) in [6, 6.07) is 7.35. The second kappa shape index (κ2) is 6.57. The van der Waals surface area contributed by atoms with Gasteiger partial charge in [0.1, 0.15) is 17.4 Å². The van der Waals surface area contributed by atoms with E-state index in [4.69, 9.17) is 14.7 Å². The molecule has 0 aromatic heterocycles. The quantitative estimate of drug-likeness (QED) is 0.820. The van der Waals surface area contributed by atoms with Crippen LogP contribution in [0.15, 0.2) is 22.7 Å². The fourth-order valence-electron chi connectivity index (χ4n) is 2.04. The zero-order chi connectivity index (χ0) is 16.3. The van der Waals surface area contributed by atoms with Crippen LogP contribution in [0.3, 0.4) is 0 Å². The number of likely N-dealkylation sites (tertiary alicyclic amines) is 1. The number of benzene rings is 1. The van der Waals surface area contributed by atoms with Crippen molar-refractivity contribution in [2.75, 3.05) is 19.7 Å². The van der Waals surface area contributed by atoms with E-state index in [1.54, 1.807) is 23.1 Å². The first kappa shape index (κ1) is 16.6. The molecular formula is C16H19BrN2O3. The largest absolute Gasteiger partial charge is 0.493 e. The Morgan fingerprint density at radius 2 is 2.14 bits per heavy atom. The average molecular weight is 367 g/mol. The van der Waals surface area contributed by atoms with Gasteiger partial charge in [-0.05, 0) is 54.9 Å². The first-order valence-electron chi connectivity index (χ1n) is 7.09. The van der Waals surface area contributed by atoms with E-state index in [2.05, 4.69) is 22.0 Å². The lowest BCUT2D eigenvalue weighted by Gasteiger charge is -2.39. The van der Waals surface area contributed by atoms with Crippen LogP contribution in [0.25, 0.3) is 0 Å². The second-order valence-electron chi connectivity index (χ2n) is 6.32. The third kappa shape index (κ3) is 4.38. The van der Waals surface area contributed by atoms with Gasteiger partial charge in [0.2, 0.25) is 0 Å². The molecule has 1 aliphatic rings. The Balaban J connectivity index is 1.76. The van der Waals surface area contributed by atoms with Gasteiger partial charge in [0, 0.05) is 23.5 Å². The molecule has 6 heteroatoms. The van der Waals surface area contributed by atoms with E-state index in [0.717, 1.165) is 4.47 Å². The van der Waals surface area contributed by atoms with Crippen molar-refractivity contribution in [3.8, 4) is 11.8 Å². The van der Waals surface area contributed by atoms with Gasteiger partial charge < -0.3 is 14.4 Å². The molecule has 0 radical (unpaired) electrons. The van der Waals surface area contributed by atoms with Crippen LogP contribution >= 0.6 is 15.9 Å². The van der Waals surface area contributed by atoms with E-state index in [1.165, 1.54) is 0 Å². The molecule has 0 N–H and O–H groups in total. The molecule has 1 amide bonds. The van der Waals surface area contributed by atoms with Crippen molar-refractivity contribution >= 4 is 22.0 Å². The van der Waals surface area contributed by atoms with E-state index in [1.807, 2.05) is 20.8 Å². The van der Waals surface area contributed by atoms with Crippen molar-refractivity contribution in [3.05, 3.63) is 28.2 Å². The van der Waals surface area contributed by atoms with Gasteiger partial charge in [-0.3, -0.25) is 0 Å². The molecule has 0 spiro atoms. The number of amides is 1. The molecule has 0 saturated carbocycles. The summed E-state index contributed by atoms with van der Waals surface area (Å²) >= 11 is 3.33. The molecular weight excluding hydrogens is 348 g/mol. The van der Waals surface area contributed by atoms with Crippen molar-refractivity contribution < 1.29 is 14.3 Å². The van der Waals surface area contributed by atoms with Crippen LogP contribution in [-0.2, 0) is 4.74 Å². The first-order valence-corrected chi connectivity index (χ1v) is 7.88. The predicted molar refractivity (Wildman–Crippen MR) is 85.6 cm³/mol. The highest BCUT2D eigenvalue weighted by Crippen LogP contribution is 2.24. The van der Waals surface area contributed by atoms with E-state index in [0.29, 0.717) is 36.9 Å². The monoisotopic (exact) mass is 366 g/mol. The maximum absolute atomic E-state index is 11.8. The molecule has 22 heavy (non-hydrogen) atoms. The first-order chi connectivity index (χ1) is 10.3. The number of halogens is 1. The van der Waals surface area contributed by atoms with Crippen LogP contribution < -0.4 is 4.74 Å².